The van der Waals surface area contributed by atoms with Gasteiger partial charge in [-0.1, -0.05) is 0 Å². The molecule has 1 unspecified atom stereocenters. The molecular weight excluding hydrogens is 164 g/mol. The second-order valence-electron chi connectivity index (χ2n) is 3.39. The predicted octanol–water partition coefficient (Wildman–Crippen LogP) is -0.267. The fourth-order valence-electron chi connectivity index (χ4n) is 1.30. The summed E-state index contributed by atoms with van der Waals surface area (Å²) in [4.78, 5) is 5.30. The van der Waals surface area contributed by atoms with E-state index in [-0.39, 0.29) is 6.04 Å². The van der Waals surface area contributed by atoms with Crippen molar-refractivity contribution in [2.45, 2.75) is 12.6 Å². The van der Waals surface area contributed by atoms with E-state index in [4.69, 9.17) is 11.5 Å². The maximum Gasteiger partial charge on any atom is 0.0382 e. The van der Waals surface area contributed by atoms with Crippen molar-refractivity contribution in [2.24, 2.45) is 11.5 Å². The number of aromatic nitrogens is 1. The molecule has 0 amide bonds. The summed E-state index contributed by atoms with van der Waals surface area (Å²) in [6, 6.07) is 4.12. The van der Waals surface area contributed by atoms with Crippen molar-refractivity contribution >= 4 is 0 Å². The van der Waals surface area contributed by atoms with Gasteiger partial charge in [0.15, 0.2) is 0 Å². The number of rotatable bonds is 5. The molecule has 0 saturated carbocycles. The van der Waals surface area contributed by atoms with Gasteiger partial charge in [0.25, 0.3) is 0 Å². The lowest BCUT2D eigenvalue weighted by Gasteiger charge is -2.19. The highest BCUT2D eigenvalue weighted by Gasteiger charge is 2.05. The minimum Gasteiger partial charge on any atom is -0.364 e. The third-order valence-electron chi connectivity index (χ3n) is 1.95. The van der Waals surface area contributed by atoms with Crippen LogP contribution in [0.25, 0.3) is 0 Å². The molecule has 4 nitrogen and oxygen atoms in total. The molecule has 0 fully saturated rings. The lowest BCUT2D eigenvalue weighted by Crippen LogP contribution is -2.40. The zero-order valence-corrected chi connectivity index (χ0v) is 8.03. The van der Waals surface area contributed by atoms with Crippen molar-refractivity contribution in [1.82, 2.24) is 9.88 Å². The molecule has 5 N–H and O–H groups in total. The number of aromatic amines is 1. The number of nitrogens with two attached hydrogens (primary N) is 2. The molecule has 1 rings (SSSR count). The van der Waals surface area contributed by atoms with Gasteiger partial charge in [0, 0.05) is 37.6 Å². The summed E-state index contributed by atoms with van der Waals surface area (Å²) in [5, 5.41) is 0. The van der Waals surface area contributed by atoms with Crippen LogP contribution < -0.4 is 11.5 Å². The first-order valence-electron chi connectivity index (χ1n) is 4.49. The first kappa shape index (κ1) is 10.2. The molecule has 74 valence electrons. The summed E-state index contributed by atoms with van der Waals surface area (Å²) >= 11 is 0. The third kappa shape index (κ3) is 3.59. The molecule has 4 heteroatoms. The van der Waals surface area contributed by atoms with Crippen LogP contribution in [-0.4, -0.2) is 36.1 Å². The number of H-pyrrole nitrogens is 1. The van der Waals surface area contributed by atoms with Gasteiger partial charge in [-0.05, 0) is 19.2 Å². The summed E-state index contributed by atoms with van der Waals surface area (Å²) in [5.41, 5.74) is 12.4. The average molecular weight is 182 g/mol. The number of nitrogens with zero attached hydrogens (tertiary/aromatic N) is 1. The number of likely N-dealkylation sites (N-methyl/N-ethyl adjacent to an activating group) is 1. The van der Waals surface area contributed by atoms with E-state index in [1.807, 2.05) is 19.3 Å². The van der Waals surface area contributed by atoms with Crippen LogP contribution in [0.1, 0.15) is 5.69 Å². The molecule has 0 bridgehead atoms. The summed E-state index contributed by atoms with van der Waals surface area (Å²) in [5.74, 6) is 0. The second kappa shape index (κ2) is 5.01. The summed E-state index contributed by atoms with van der Waals surface area (Å²) in [6.07, 6.45) is 1.92. The maximum atomic E-state index is 5.73. The molecule has 13 heavy (non-hydrogen) atoms. The fraction of sp³-hybridized carbons (Fsp3) is 0.556. The van der Waals surface area contributed by atoms with Gasteiger partial charge in [0.2, 0.25) is 0 Å². The molecule has 0 aliphatic rings. The van der Waals surface area contributed by atoms with Crippen molar-refractivity contribution in [1.29, 1.82) is 0 Å². The van der Waals surface area contributed by atoms with Gasteiger partial charge in [0.1, 0.15) is 0 Å². The molecule has 1 aromatic rings. The number of hydrogen-bond donors (Lipinski definition) is 3. The molecule has 1 atom stereocenters. The van der Waals surface area contributed by atoms with Crippen LogP contribution in [0.2, 0.25) is 0 Å². The van der Waals surface area contributed by atoms with E-state index in [1.54, 1.807) is 0 Å². The van der Waals surface area contributed by atoms with Crippen LogP contribution >= 0.6 is 0 Å². The highest BCUT2D eigenvalue weighted by molar-refractivity contribution is 5.03. The van der Waals surface area contributed by atoms with E-state index < -0.39 is 0 Å². The predicted molar refractivity (Wildman–Crippen MR) is 54.2 cm³/mol. The zero-order chi connectivity index (χ0) is 9.68. The normalized spacial score (nSPS) is 13.5. The van der Waals surface area contributed by atoms with Gasteiger partial charge in [-0.15, -0.1) is 0 Å². The Morgan fingerprint density at radius 3 is 2.92 bits per heavy atom. The van der Waals surface area contributed by atoms with Crippen molar-refractivity contribution in [3.8, 4) is 0 Å². The lowest BCUT2D eigenvalue weighted by molar-refractivity contribution is 0.302. The number of hydrogen-bond acceptors (Lipinski definition) is 3. The van der Waals surface area contributed by atoms with Crippen LogP contribution in [0.4, 0.5) is 0 Å². The van der Waals surface area contributed by atoms with Crippen molar-refractivity contribution in [3.05, 3.63) is 24.0 Å². The molecule has 1 heterocycles. The standard InChI is InChI=1S/C9H18N4/c1-13(6-8(11)5-10)7-9-3-2-4-12-9/h2-4,8,12H,5-7,10-11H2,1H3. The molecule has 0 spiro atoms. The van der Waals surface area contributed by atoms with Gasteiger partial charge in [0.05, 0.1) is 0 Å². The van der Waals surface area contributed by atoms with Crippen LogP contribution in [0.5, 0.6) is 0 Å². The Bertz CT molecular complexity index is 220. The van der Waals surface area contributed by atoms with E-state index in [2.05, 4.69) is 16.0 Å². The second-order valence-corrected chi connectivity index (χ2v) is 3.39. The molecule has 0 radical (unpaired) electrons. The van der Waals surface area contributed by atoms with Gasteiger partial charge in [-0.2, -0.15) is 0 Å². The van der Waals surface area contributed by atoms with Gasteiger partial charge in [-0.25, -0.2) is 0 Å². The monoisotopic (exact) mass is 182 g/mol. The van der Waals surface area contributed by atoms with E-state index in [9.17, 15) is 0 Å². The van der Waals surface area contributed by atoms with Gasteiger partial charge in [-0.3, -0.25) is 4.90 Å². The van der Waals surface area contributed by atoms with Gasteiger partial charge >= 0.3 is 0 Å². The lowest BCUT2D eigenvalue weighted by atomic mass is 10.3. The molecule has 0 aliphatic carbocycles. The van der Waals surface area contributed by atoms with E-state index >= 15 is 0 Å². The first-order valence-corrected chi connectivity index (χ1v) is 4.49. The Hall–Kier alpha value is -0.840. The Morgan fingerprint density at radius 2 is 2.38 bits per heavy atom. The smallest absolute Gasteiger partial charge is 0.0382 e. The minimum atomic E-state index is 0.0694. The third-order valence-corrected chi connectivity index (χ3v) is 1.95. The van der Waals surface area contributed by atoms with E-state index in [0.29, 0.717) is 6.54 Å². The molecule has 0 saturated heterocycles. The zero-order valence-electron chi connectivity index (χ0n) is 8.03. The summed E-state index contributed by atoms with van der Waals surface area (Å²) in [6.45, 7) is 2.26. The molecule has 0 aliphatic heterocycles. The Morgan fingerprint density at radius 1 is 1.62 bits per heavy atom. The van der Waals surface area contributed by atoms with Crippen LogP contribution in [0.15, 0.2) is 18.3 Å². The Labute approximate surface area is 78.9 Å². The SMILES string of the molecule is CN(Cc1ccc[nH]1)CC(N)CN. The topological polar surface area (TPSA) is 71.1 Å². The minimum absolute atomic E-state index is 0.0694. The van der Waals surface area contributed by atoms with Gasteiger partial charge < -0.3 is 16.5 Å². The van der Waals surface area contributed by atoms with E-state index in [0.717, 1.165) is 13.1 Å². The molecule has 1 aromatic heterocycles. The first-order chi connectivity index (χ1) is 6.22. The average Bonchev–Trinajstić information content (AvgIpc) is 2.56. The quantitative estimate of drug-likeness (QED) is 0.587. The molecular formula is C9H18N4. The van der Waals surface area contributed by atoms with Crippen LogP contribution in [0, 0.1) is 0 Å². The van der Waals surface area contributed by atoms with Crippen molar-refractivity contribution in [2.75, 3.05) is 20.1 Å². The van der Waals surface area contributed by atoms with Crippen LogP contribution in [-0.2, 0) is 6.54 Å². The maximum absolute atomic E-state index is 5.73. The Balaban J connectivity index is 2.29. The highest BCUT2D eigenvalue weighted by Crippen LogP contribution is 1.99. The fourth-order valence-corrected chi connectivity index (χ4v) is 1.30. The highest BCUT2D eigenvalue weighted by atomic mass is 15.1. The molecule has 0 aromatic carbocycles. The van der Waals surface area contributed by atoms with Crippen molar-refractivity contribution in [3.63, 3.8) is 0 Å². The number of nitrogens with one attached hydrogen (secondary N) is 1. The van der Waals surface area contributed by atoms with Crippen LogP contribution in [0.3, 0.4) is 0 Å². The van der Waals surface area contributed by atoms with Crippen molar-refractivity contribution < 1.29 is 0 Å². The Kier molecular flexibility index (Phi) is 3.95. The summed E-state index contributed by atoms with van der Waals surface area (Å²) < 4.78 is 0. The summed E-state index contributed by atoms with van der Waals surface area (Å²) in [7, 11) is 2.04. The largest absolute Gasteiger partial charge is 0.364 e. The van der Waals surface area contributed by atoms with E-state index in [1.165, 1.54) is 5.69 Å².